The summed E-state index contributed by atoms with van der Waals surface area (Å²) in [6.45, 7) is 1.92. The Morgan fingerprint density at radius 2 is 2.07 bits per heavy atom. The van der Waals surface area contributed by atoms with E-state index in [0.717, 1.165) is 23.9 Å². The molecule has 3 rings (SSSR count). The fourth-order valence-corrected chi connectivity index (χ4v) is 4.67. The third-order valence-electron chi connectivity index (χ3n) is 3.97. The molecule has 9 nitrogen and oxygen atoms in total. The number of aryl methyl sites for hydroxylation is 1. The molecule has 0 aliphatic carbocycles. The number of aromatic nitrogens is 1. The van der Waals surface area contributed by atoms with Gasteiger partial charge in [-0.25, -0.2) is 22.6 Å². The van der Waals surface area contributed by atoms with E-state index in [2.05, 4.69) is 10.3 Å². The van der Waals surface area contributed by atoms with Gasteiger partial charge in [0.25, 0.3) is 5.91 Å². The Kier molecular flexibility index (Phi) is 6.57. The van der Waals surface area contributed by atoms with E-state index < -0.39 is 39.9 Å². The van der Waals surface area contributed by atoms with E-state index in [-0.39, 0.29) is 31.2 Å². The number of halogens is 1. The van der Waals surface area contributed by atoms with Crippen molar-refractivity contribution in [1.29, 1.82) is 0 Å². The molecule has 1 aromatic carbocycles. The molecule has 0 spiro atoms. The molecule has 0 bridgehead atoms. The molecule has 0 unspecified atom stereocenters. The van der Waals surface area contributed by atoms with Crippen LogP contribution in [0.3, 0.4) is 0 Å². The lowest BCUT2D eigenvalue weighted by Crippen LogP contribution is -2.40. The van der Waals surface area contributed by atoms with Gasteiger partial charge >= 0.3 is 5.97 Å². The van der Waals surface area contributed by atoms with Crippen molar-refractivity contribution in [3.05, 3.63) is 40.7 Å². The number of sulfonamides is 1. The Hall–Kier alpha value is -2.41. The summed E-state index contributed by atoms with van der Waals surface area (Å²) in [7, 11) is -3.91. The molecule has 1 N–H and O–H groups in total. The second-order valence-corrected chi connectivity index (χ2v) is 8.87. The number of amides is 1. The van der Waals surface area contributed by atoms with Gasteiger partial charge in [0.05, 0.1) is 29.4 Å². The fourth-order valence-electron chi connectivity index (χ4n) is 2.53. The van der Waals surface area contributed by atoms with Crippen LogP contribution in [0.25, 0.3) is 0 Å². The van der Waals surface area contributed by atoms with Crippen LogP contribution in [0, 0.1) is 12.7 Å². The van der Waals surface area contributed by atoms with Crippen molar-refractivity contribution >= 4 is 38.4 Å². The first-order chi connectivity index (χ1) is 13.8. The van der Waals surface area contributed by atoms with Gasteiger partial charge in [-0.1, -0.05) is 0 Å². The minimum absolute atomic E-state index is 0.163. The van der Waals surface area contributed by atoms with Crippen molar-refractivity contribution < 1.29 is 31.9 Å². The van der Waals surface area contributed by atoms with E-state index >= 15 is 0 Å². The van der Waals surface area contributed by atoms with Crippen LogP contribution in [0.15, 0.2) is 28.5 Å². The van der Waals surface area contributed by atoms with Crippen LogP contribution < -0.4 is 5.32 Å². The maximum absolute atomic E-state index is 14.1. The topological polar surface area (TPSA) is 115 Å². The standard InChI is InChI=1S/C17H18FN3O6S2/c1-11-10-28-17(19-11)20-15(22)9-27-16(23)13-8-12(2-3-14(13)18)29(24,25)21-4-6-26-7-5-21/h2-3,8,10H,4-7,9H2,1H3,(H,19,20,22). The molecule has 1 aliphatic heterocycles. The Morgan fingerprint density at radius 3 is 2.72 bits per heavy atom. The summed E-state index contributed by atoms with van der Waals surface area (Å²) in [5, 5.41) is 4.52. The molecule has 156 valence electrons. The number of ether oxygens (including phenoxy) is 2. The van der Waals surface area contributed by atoms with E-state index in [9.17, 15) is 22.4 Å². The highest BCUT2D eigenvalue weighted by Gasteiger charge is 2.28. The zero-order valence-corrected chi connectivity index (χ0v) is 17.0. The van der Waals surface area contributed by atoms with Gasteiger partial charge < -0.3 is 9.47 Å². The van der Waals surface area contributed by atoms with Crippen molar-refractivity contribution in [2.75, 3.05) is 38.2 Å². The first-order valence-corrected chi connectivity index (χ1v) is 10.9. The van der Waals surface area contributed by atoms with E-state index in [4.69, 9.17) is 9.47 Å². The zero-order chi connectivity index (χ0) is 21.0. The molecule has 1 amide bonds. The van der Waals surface area contributed by atoms with Crippen LogP contribution >= 0.6 is 11.3 Å². The maximum atomic E-state index is 14.1. The van der Waals surface area contributed by atoms with Crippen LogP contribution in [-0.2, 0) is 24.3 Å². The number of morpholine rings is 1. The number of nitrogens with one attached hydrogen (secondary N) is 1. The molecule has 0 atom stereocenters. The van der Waals surface area contributed by atoms with Gasteiger partial charge in [0, 0.05) is 18.5 Å². The molecule has 1 aliphatic rings. The fraction of sp³-hybridized carbons (Fsp3) is 0.353. The summed E-state index contributed by atoms with van der Waals surface area (Å²) in [5.74, 6) is -2.75. The van der Waals surface area contributed by atoms with Crippen LogP contribution in [0.1, 0.15) is 16.1 Å². The summed E-state index contributed by atoms with van der Waals surface area (Å²) >= 11 is 1.21. The quantitative estimate of drug-likeness (QED) is 0.671. The number of esters is 1. The van der Waals surface area contributed by atoms with Crippen molar-refractivity contribution in [3.63, 3.8) is 0 Å². The van der Waals surface area contributed by atoms with Gasteiger partial charge in [-0.3, -0.25) is 10.1 Å². The maximum Gasteiger partial charge on any atom is 0.341 e. The van der Waals surface area contributed by atoms with E-state index in [0.29, 0.717) is 5.13 Å². The Morgan fingerprint density at radius 1 is 1.34 bits per heavy atom. The predicted octanol–water partition coefficient (Wildman–Crippen LogP) is 1.41. The van der Waals surface area contributed by atoms with Crippen LogP contribution in [0.2, 0.25) is 0 Å². The van der Waals surface area contributed by atoms with Crippen molar-refractivity contribution in [2.45, 2.75) is 11.8 Å². The molecule has 2 heterocycles. The molecular formula is C17H18FN3O6S2. The summed E-state index contributed by atoms with van der Waals surface area (Å²) in [6.07, 6.45) is 0. The minimum atomic E-state index is -3.91. The number of carbonyl (C=O) groups excluding carboxylic acids is 2. The molecule has 0 radical (unpaired) electrons. The van der Waals surface area contributed by atoms with Gasteiger partial charge in [-0.2, -0.15) is 4.31 Å². The lowest BCUT2D eigenvalue weighted by molar-refractivity contribution is -0.119. The van der Waals surface area contributed by atoms with E-state index in [1.807, 2.05) is 0 Å². The van der Waals surface area contributed by atoms with Gasteiger partial charge in [0.15, 0.2) is 11.7 Å². The second-order valence-electron chi connectivity index (χ2n) is 6.08. The minimum Gasteiger partial charge on any atom is -0.452 e. The van der Waals surface area contributed by atoms with Crippen molar-refractivity contribution in [3.8, 4) is 0 Å². The molecule has 1 saturated heterocycles. The number of nitrogens with zero attached hydrogens (tertiary/aromatic N) is 2. The van der Waals surface area contributed by atoms with Gasteiger partial charge in [0.1, 0.15) is 5.82 Å². The van der Waals surface area contributed by atoms with Crippen LogP contribution in [0.5, 0.6) is 0 Å². The molecule has 1 fully saturated rings. The number of hydrogen-bond donors (Lipinski definition) is 1. The predicted molar refractivity (Wildman–Crippen MR) is 102 cm³/mol. The number of benzene rings is 1. The van der Waals surface area contributed by atoms with E-state index in [1.165, 1.54) is 15.6 Å². The number of anilines is 1. The van der Waals surface area contributed by atoms with Crippen molar-refractivity contribution in [2.24, 2.45) is 0 Å². The largest absolute Gasteiger partial charge is 0.452 e. The highest BCUT2D eigenvalue weighted by atomic mass is 32.2. The smallest absolute Gasteiger partial charge is 0.341 e. The normalized spacial score (nSPS) is 15.1. The molecular weight excluding hydrogens is 425 g/mol. The Bertz CT molecular complexity index is 1020. The summed E-state index contributed by atoms with van der Waals surface area (Å²) in [5.41, 5.74) is 0.153. The second kappa shape index (κ2) is 8.95. The lowest BCUT2D eigenvalue weighted by Gasteiger charge is -2.26. The monoisotopic (exact) mass is 443 g/mol. The van der Waals surface area contributed by atoms with Gasteiger partial charge in [-0.05, 0) is 25.1 Å². The summed E-state index contributed by atoms with van der Waals surface area (Å²) < 4.78 is 50.6. The number of rotatable bonds is 6. The third-order valence-corrected chi connectivity index (χ3v) is 6.74. The molecule has 12 heteroatoms. The number of hydrogen-bond acceptors (Lipinski definition) is 8. The average Bonchev–Trinajstić information content (AvgIpc) is 3.11. The number of thiazole rings is 1. The molecule has 29 heavy (non-hydrogen) atoms. The average molecular weight is 443 g/mol. The first-order valence-electron chi connectivity index (χ1n) is 8.54. The number of carbonyl (C=O) groups is 2. The lowest BCUT2D eigenvalue weighted by atomic mass is 10.2. The summed E-state index contributed by atoms with van der Waals surface area (Å²) in [6, 6.07) is 2.86. The zero-order valence-electron chi connectivity index (χ0n) is 15.4. The first kappa shape index (κ1) is 21.3. The Labute approximate surface area is 170 Å². The van der Waals surface area contributed by atoms with E-state index in [1.54, 1.807) is 12.3 Å². The van der Waals surface area contributed by atoms with Gasteiger partial charge in [-0.15, -0.1) is 11.3 Å². The Balaban J connectivity index is 1.68. The van der Waals surface area contributed by atoms with Gasteiger partial charge in [0.2, 0.25) is 10.0 Å². The molecule has 1 aromatic heterocycles. The van der Waals surface area contributed by atoms with Crippen LogP contribution in [0.4, 0.5) is 9.52 Å². The molecule has 2 aromatic rings. The third kappa shape index (κ3) is 5.15. The SMILES string of the molecule is Cc1csc(NC(=O)COC(=O)c2cc(S(=O)(=O)N3CCOCC3)ccc2F)n1. The highest BCUT2D eigenvalue weighted by molar-refractivity contribution is 7.89. The highest BCUT2D eigenvalue weighted by Crippen LogP contribution is 2.21. The molecule has 0 saturated carbocycles. The summed E-state index contributed by atoms with van der Waals surface area (Å²) in [4.78, 5) is 27.8. The van der Waals surface area contributed by atoms with Crippen molar-refractivity contribution in [1.82, 2.24) is 9.29 Å². The van der Waals surface area contributed by atoms with Crippen LogP contribution in [-0.4, -0.2) is 62.5 Å².